The van der Waals surface area contributed by atoms with Crippen LogP contribution < -0.4 is 10.6 Å². The zero-order valence-electron chi connectivity index (χ0n) is 10.1. The van der Waals surface area contributed by atoms with E-state index in [0.717, 1.165) is 6.92 Å². The maximum Gasteiger partial charge on any atom is 0.270 e. The molecule has 2 nitrogen and oxygen atoms in total. The van der Waals surface area contributed by atoms with Crippen molar-refractivity contribution in [3.05, 3.63) is 36.9 Å². The summed E-state index contributed by atoms with van der Waals surface area (Å²) in [5.74, 6) is 0. The quantitative estimate of drug-likeness (QED) is 0.746. The molecule has 0 aliphatic rings. The number of alkyl halides is 2. The summed E-state index contributed by atoms with van der Waals surface area (Å²) in [7, 11) is 2.06. The molecule has 17 heavy (non-hydrogen) atoms. The Labute approximate surface area is 101 Å². The minimum Gasteiger partial charge on any atom is -0.357 e. The summed E-state index contributed by atoms with van der Waals surface area (Å²) >= 11 is 0. The van der Waals surface area contributed by atoms with Crippen molar-refractivity contribution in [1.29, 1.82) is 0 Å². The number of rotatable bonds is 3. The van der Waals surface area contributed by atoms with Gasteiger partial charge in [-0.3, -0.25) is 0 Å². The topological polar surface area (TPSA) is 9.86 Å². The lowest BCUT2D eigenvalue weighted by Crippen LogP contribution is -2.23. The van der Waals surface area contributed by atoms with E-state index in [2.05, 4.69) is 0 Å². The molecule has 0 aliphatic heterocycles. The van der Waals surface area contributed by atoms with E-state index in [9.17, 15) is 8.78 Å². The maximum atomic E-state index is 13.8. The molecule has 0 aliphatic carbocycles. The van der Waals surface area contributed by atoms with Gasteiger partial charge in [0.25, 0.3) is 5.66 Å². The molecule has 2 heterocycles. The molecule has 2 aromatic heterocycles. The molecular formula is C12H15F2N2P. The summed E-state index contributed by atoms with van der Waals surface area (Å²) in [6.07, 6.45) is 7.16. The van der Waals surface area contributed by atoms with Crippen LogP contribution in [0.25, 0.3) is 0 Å². The second-order valence-corrected chi connectivity index (χ2v) is 6.74. The van der Waals surface area contributed by atoms with E-state index in [1.165, 1.54) is 0 Å². The number of nitrogens with zero attached hydrogens (tertiary/aromatic N) is 2. The van der Waals surface area contributed by atoms with E-state index >= 15 is 0 Å². The molecule has 5 heteroatoms. The lowest BCUT2D eigenvalue weighted by atomic mass is 10.6. The van der Waals surface area contributed by atoms with Crippen molar-refractivity contribution in [2.24, 2.45) is 14.1 Å². The van der Waals surface area contributed by atoms with Gasteiger partial charge in [0.2, 0.25) is 0 Å². The lowest BCUT2D eigenvalue weighted by Gasteiger charge is -2.22. The predicted octanol–water partition coefficient (Wildman–Crippen LogP) is 2.41. The van der Waals surface area contributed by atoms with Gasteiger partial charge in [0.05, 0.1) is 0 Å². The first-order chi connectivity index (χ1) is 7.88. The van der Waals surface area contributed by atoms with Crippen LogP contribution >= 0.6 is 7.92 Å². The Morgan fingerprint density at radius 2 is 1.41 bits per heavy atom. The second kappa shape index (κ2) is 4.26. The van der Waals surface area contributed by atoms with Gasteiger partial charge in [0.1, 0.15) is 0 Å². The van der Waals surface area contributed by atoms with E-state index in [0.29, 0.717) is 10.6 Å². The van der Waals surface area contributed by atoms with Crippen molar-refractivity contribution in [2.75, 3.05) is 0 Å². The Morgan fingerprint density at radius 3 is 1.65 bits per heavy atom. The standard InChI is InChI=1S/C12H15F2N2P/c1-12(13,14)17(10-4-6-15(2)8-10)11-5-7-16(3)9-11/h4-9H,1-3H3. The third-order valence-corrected chi connectivity index (χ3v) is 4.89. The van der Waals surface area contributed by atoms with Crippen molar-refractivity contribution >= 4 is 18.5 Å². The molecule has 0 amide bonds. The largest absolute Gasteiger partial charge is 0.357 e. The molecule has 2 aromatic rings. The van der Waals surface area contributed by atoms with Crippen LogP contribution in [0.2, 0.25) is 0 Å². The summed E-state index contributed by atoms with van der Waals surface area (Å²) in [6.45, 7) is 0.999. The SMILES string of the molecule is Cn1ccc(P(c2ccn(C)c2)C(C)(F)F)c1. The minimum absolute atomic E-state index is 0.709. The smallest absolute Gasteiger partial charge is 0.270 e. The lowest BCUT2D eigenvalue weighted by molar-refractivity contribution is 0.123. The fourth-order valence-corrected chi connectivity index (χ4v) is 4.08. The van der Waals surface area contributed by atoms with Crippen LogP contribution in [0.1, 0.15) is 6.92 Å². The van der Waals surface area contributed by atoms with Gasteiger partial charge in [-0.25, -0.2) is 8.78 Å². The number of aryl methyl sites for hydroxylation is 2. The second-order valence-electron chi connectivity index (χ2n) is 4.25. The van der Waals surface area contributed by atoms with Crippen molar-refractivity contribution in [3.63, 3.8) is 0 Å². The Morgan fingerprint density at radius 1 is 1.00 bits per heavy atom. The van der Waals surface area contributed by atoms with Crippen LogP contribution in [0.5, 0.6) is 0 Å². The highest BCUT2D eigenvalue weighted by molar-refractivity contribution is 7.74. The van der Waals surface area contributed by atoms with E-state index < -0.39 is 13.6 Å². The van der Waals surface area contributed by atoms with Crippen LogP contribution in [0.3, 0.4) is 0 Å². The average Bonchev–Trinajstić information content (AvgIpc) is 2.75. The summed E-state index contributed by atoms with van der Waals surface area (Å²) in [5, 5.41) is 1.42. The van der Waals surface area contributed by atoms with E-state index in [1.807, 2.05) is 14.1 Å². The summed E-state index contributed by atoms with van der Waals surface area (Å²) < 4.78 is 31.2. The molecule has 0 spiro atoms. The van der Waals surface area contributed by atoms with Crippen LogP contribution in [0.15, 0.2) is 36.9 Å². The monoisotopic (exact) mass is 256 g/mol. The first kappa shape index (κ1) is 12.3. The van der Waals surface area contributed by atoms with Gasteiger partial charge in [-0.15, -0.1) is 0 Å². The van der Waals surface area contributed by atoms with Gasteiger partial charge in [-0.05, 0) is 12.1 Å². The molecule has 0 radical (unpaired) electrons. The molecular weight excluding hydrogens is 241 g/mol. The molecule has 0 atom stereocenters. The molecule has 92 valence electrons. The van der Waals surface area contributed by atoms with Crippen LogP contribution in [-0.2, 0) is 14.1 Å². The third-order valence-electron chi connectivity index (χ3n) is 2.54. The van der Waals surface area contributed by atoms with E-state index in [1.54, 1.807) is 46.1 Å². The number of hydrogen-bond donors (Lipinski definition) is 0. The highest BCUT2D eigenvalue weighted by Gasteiger charge is 2.37. The maximum absolute atomic E-state index is 13.8. The van der Waals surface area contributed by atoms with Gasteiger partial charge in [0, 0.05) is 64.3 Å². The summed E-state index contributed by atoms with van der Waals surface area (Å²) in [5.41, 5.74) is -2.71. The number of aromatic nitrogens is 2. The van der Waals surface area contributed by atoms with Gasteiger partial charge < -0.3 is 9.13 Å². The molecule has 0 saturated carbocycles. The average molecular weight is 256 g/mol. The van der Waals surface area contributed by atoms with Gasteiger partial charge in [-0.2, -0.15) is 0 Å². The number of hydrogen-bond acceptors (Lipinski definition) is 0. The third kappa shape index (κ3) is 2.58. The van der Waals surface area contributed by atoms with E-state index in [-0.39, 0.29) is 0 Å². The Balaban J connectivity index is 2.46. The van der Waals surface area contributed by atoms with Crippen LogP contribution in [0.4, 0.5) is 8.78 Å². The predicted molar refractivity (Wildman–Crippen MR) is 67.6 cm³/mol. The Hall–Kier alpha value is -1.15. The Bertz CT molecular complexity index is 470. The van der Waals surface area contributed by atoms with Crippen molar-refractivity contribution < 1.29 is 8.78 Å². The van der Waals surface area contributed by atoms with Gasteiger partial charge >= 0.3 is 0 Å². The zero-order chi connectivity index (χ0) is 12.6. The first-order valence-electron chi connectivity index (χ1n) is 5.30. The molecule has 2 rings (SSSR count). The highest BCUT2D eigenvalue weighted by Crippen LogP contribution is 2.49. The van der Waals surface area contributed by atoms with E-state index in [4.69, 9.17) is 0 Å². The van der Waals surface area contributed by atoms with Crippen LogP contribution in [-0.4, -0.2) is 14.8 Å². The van der Waals surface area contributed by atoms with Gasteiger partial charge in [-0.1, -0.05) is 0 Å². The molecule has 0 unspecified atom stereocenters. The molecule has 0 bridgehead atoms. The van der Waals surface area contributed by atoms with Crippen LogP contribution in [0, 0.1) is 0 Å². The fourth-order valence-electron chi connectivity index (χ4n) is 1.84. The fraction of sp³-hybridized carbons (Fsp3) is 0.333. The minimum atomic E-state index is -2.71. The zero-order valence-corrected chi connectivity index (χ0v) is 11.0. The summed E-state index contributed by atoms with van der Waals surface area (Å²) in [6, 6.07) is 3.55. The molecule has 0 saturated heterocycles. The number of halogens is 2. The first-order valence-corrected chi connectivity index (χ1v) is 6.64. The van der Waals surface area contributed by atoms with Crippen molar-refractivity contribution in [1.82, 2.24) is 9.13 Å². The molecule has 0 aromatic carbocycles. The normalized spacial score (nSPS) is 12.4. The highest BCUT2D eigenvalue weighted by atomic mass is 31.1. The molecule has 0 fully saturated rings. The Kier molecular flexibility index (Phi) is 3.09. The molecule has 0 N–H and O–H groups in total. The summed E-state index contributed by atoms with van der Waals surface area (Å²) in [4.78, 5) is 0. The van der Waals surface area contributed by atoms with Crippen molar-refractivity contribution in [2.45, 2.75) is 12.6 Å². The van der Waals surface area contributed by atoms with Crippen molar-refractivity contribution in [3.8, 4) is 0 Å². The van der Waals surface area contributed by atoms with Gasteiger partial charge in [0.15, 0.2) is 0 Å².